The first kappa shape index (κ1) is 16.8. The van der Waals surface area contributed by atoms with Crippen LogP contribution in [0.1, 0.15) is 32.8 Å². The van der Waals surface area contributed by atoms with Gasteiger partial charge in [0.15, 0.2) is 0 Å². The average Bonchev–Trinajstić information content (AvgIpc) is 2.45. The van der Waals surface area contributed by atoms with Crippen LogP contribution in [0.3, 0.4) is 0 Å². The van der Waals surface area contributed by atoms with Gasteiger partial charge in [0.05, 0.1) is 11.8 Å². The Morgan fingerprint density at radius 2 is 2.09 bits per heavy atom. The van der Waals surface area contributed by atoms with E-state index in [1.165, 1.54) is 0 Å². The van der Waals surface area contributed by atoms with E-state index in [0.717, 1.165) is 18.4 Å². The molecule has 7 heteroatoms. The number of fused-ring (bicyclic) bond motifs is 1. The van der Waals surface area contributed by atoms with E-state index in [4.69, 9.17) is 4.74 Å². The first-order chi connectivity index (χ1) is 10.4. The van der Waals surface area contributed by atoms with E-state index >= 15 is 0 Å². The molecule has 0 radical (unpaired) electrons. The zero-order valence-corrected chi connectivity index (χ0v) is 14.0. The number of anilines is 1. The van der Waals surface area contributed by atoms with Crippen LogP contribution >= 0.6 is 0 Å². The molecule has 0 spiro atoms. The highest BCUT2D eigenvalue weighted by Crippen LogP contribution is 2.26. The van der Waals surface area contributed by atoms with Gasteiger partial charge >= 0.3 is 0 Å². The van der Waals surface area contributed by atoms with Gasteiger partial charge in [-0.1, -0.05) is 13.0 Å². The second-order valence-electron chi connectivity index (χ2n) is 5.42. The van der Waals surface area contributed by atoms with Crippen LogP contribution in [0.2, 0.25) is 0 Å². The number of rotatable bonds is 6. The van der Waals surface area contributed by atoms with Gasteiger partial charge in [0.25, 0.3) is 10.0 Å². The van der Waals surface area contributed by atoms with Crippen molar-refractivity contribution in [3.63, 3.8) is 0 Å². The zero-order valence-electron chi connectivity index (χ0n) is 13.2. The van der Waals surface area contributed by atoms with Gasteiger partial charge in [-0.25, -0.2) is 13.1 Å². The largest absolute Gasteiger partial charge is 0.379 e. The second-order valence-corrected chi connectivity index (χ2v) is 7.07. The molecule has 0 aliphatic carbocycles. The molecule has 0 unspecified atom stereocenters. The molecular weight excluding hydrogens is 302 g/mol. The van der Waals surface area contributed by atoms with Gasteiger partial charge in [0, 0.05) is 13.2 Å². The Morgan fingerprint density at radius 1 is 1.32 bits per heavy atom. The van der Waals surface area contributed by atoms with Crippen molar-refractivity contribution in [3.8, 4) is 0 Å². The number of guanidine groups is 1. The van der Waals surface area contributed by atoms with E-state index in [9.17, 15) is 8.42 Å². The number of nitrogens with zero attached hydrogens (tertiary/aromatic N) is 1. The zero-order chi connectivity index (χ0) is 16.2. The highest BCUT2D eigenvalue weighted by molar-refractivity contribution is 7.90. The smallest absolute Gasteiger partial charge is 0.266 e. The molecule has 1 aliphatic heterocycles. The lowest BCUT2D eigenvalue weighted by molar-refractivity contribution is 0.0783. The Morgan fingerprint density at radius 3 is 2.77 bits per heavy atom. The van der Waals surface area contributed by atoms with E-state index in [0.29, 0.717) is 18.8 Å². The summed E-state index contributed by atoms with van der Waals surface area (Å²) in [5, 5.41) is 3.02. The van der Waals surface area contributed by atoms with Crippen molar-refractivity contribution in [2.45, 2.75) is 44.6 Å². The van der Waals surface area contributed by atoms with E-state index in [-0.39, 0.29) is 17.0 Å². The summed E-state index contributed by atoms with van der Waals surface area (Å²) in [6, 6.07) is 5.39. The molecule has 1 aliphatic rings. The molecule has 0 saturated carbocycles. The predicted molar refractivity (Wildman–Crippen MR) is 87.8 cm³/mol. The number of hydrogen-bond donors (Lipinski definition) is 2. The van der Waals surface area contributed by atoms with Gasteiger partial charge in [-0.2, -0.15) is 0 Å². The van der Waals surface area contributed by atoms with E-state index < -0.39 is 10.0 Å². The van der Waals surface area contributed by atoms with Crippen LogP contribution in [0.4, 0.5) is 5.69 Å². The number of aryl methyl sites for hydroxylation is 1. The summed E-state index contributed by atoms with van der Waals surface area (Å²) in [6.07, 6.45) is 1.73. The molecule has 2 N–H and O–H groups in total. The third-order valence-electron chi connectivity index (χ3n) is 3.25. The topological polar surface area (TPSA) is 79.8 Å². The average molecular weight is 325 g/mol. The number of aliphatic imine (C=N–C) groups is 1. The molecule has 0 atom stereocenters. The molecule has 122 valence electrons. The third kappa shape index (κ3) is 4.20. The summed E-state index contributed by atoms with van der Waals surface area (Å²) in [5.41, 5.74) is 1.55. The van der Waals surface area contributed by atoms with Gasteiger partial charge in [-0.05, 0) is 44.4 Å². The molecule has 1 aromatic rings. The van der Waals surface area contributed by atoms with E-state index in [1.54, 1.807) is 12.1 Å². The van der Waals surface area contributed by atoms with Crippen molar-refractivity contribution in [1.82, 2.24) is 4.72 Å². The standard InChI is InChI=1S/C15H23N3O3S/c1-4-12-6-7-13-14(10-12)22(19,20)18-15(17-13)16-8-5-9-21-11(2)3/h6-7,10-11H,4-5,8-9H2,1-3H3,(H2,16,17,18). The van der Waals surface area contributed by atoms with Crippen molar-refractivity contribution >= 4 is 21.7 Å². The molecule has 0 bridgehead atoms. The van der Waals surface area contributed by atoms with Gasteiger partial charge in [0.2, 0.25) is 5.96 Å². The van der Waals surface area contributed by atoms with Gasteiger partial charge in [-0.3, -0.25) is 4.99 Å². The van der Waals surface area contributed by atoms with Crippen molar-refractivity contribution < 1.29 is 13.2 Å². The molecule has 0 aromatic heterocycles. The van der Waals surface area contributed by atoms with Crippen LogP contribution in [-0.2, 0) is 21.2 Å². The fraction of sp³-hybridized carbons (Fsp3) is 0.533. The lowest BCUT2D eigenvalue weighted by Crippen LogP contribution is -2.41. The fourth-order valence-electron chi connectivity index (χ4n) is 2.09. The number of hydrogen-bond acceptors (Lipinski definition) is 4. The van der Waals surface area contributed by atoms with Crippen LogP contribution in [0.15, 0.2) is 28.1 Å². The summed E-state index contributed by atoms with van der Waals surface area (Å²) in [7, 11) is -3.55. The number of benzene rings is 1. The Kier molecular flexibility index (Phi) is 5.42. The van der Waals surface area contributed by atoms with Gasteiger partial charge in [-0.15, -0.1) is 0 Å². The van der Waals surface area contributed by atoms with E-state index in [2.05, 4.69) is 15.0 Å². The van der Waals surface area contributed by atoms with Gasteiger partial charge in [0.1, 0.15) is 4.90 Å². The summed E-state index contributed by atoms with van der Waals surface area (Å²) < 4.78 is 32.4. The van der Waals surface area contributed by atoms with Gasteiger partial charge < -0.3 is 10.1 Å². The first-order valence-electron chi connectivity index (χ1n) is 7.51. The molecular formula is C15H23N3O3S. The minimum atomic E-state index is -3.55. The van der Waals surface area contributed by atoms with Crippen molar-refractivity contribution in [2.75, 3.05) is 18.5 Å². The Labute approximate surface area is 132 Å². The fourth-order valence-corrected chi connectivity index (χ4v) is 3.29. The second kappa shape index (κ2) is 7.11. The minimum Gasteiger partial charge on any atom is -0.379 e. The van der Waals surface area contributed by atoms with Crippen LogP contribution in [0, 0.1) is 0 Å². The Balaban J connectivity index is 2.06. The molecule has 0 amide bonds. The normalized spacial score (nSPS) is 17.9. The van der Waals surface area contributed by atoms with Crippen LogP contribution in [0.25, 0.3) is 0 Å². The van der Waals surface area contributed by atoms with Crippen molar-refractivity contribution in [1.29, 1.82) is 0 Å². The summed E-state index contributed by atoms with van der Waals surface area (Å²) in [6.45, 7) is 7.05. The molecule has 1 aromatic carbocycles. The van der Waals surface area contributed by atoms with Crippen LogP contribution in [0.5, 0.6) is 0 Å². The summed E-state index contributed by atoms with van der Waals surface area (Å²) >= 11 is 0. The quantitative estimate of drug-likeness (QED) is 0.785. The third-order valence-corrected chi connectivity index (χ3v) is 4.63. The predicted octanol–water partition coefficient (Wildman–Crippen LogP) is 2.12. The highest BCUT2D eigenvalue weighted by atomic mass is 32.2. The molecule has 6 nitrogen and oxygen atoms in total. The summed E-state index contributed by atoms with van der Waals surface area (Å²) in [4.78, 5) is 4.52. The monoisotopic (exact) mass is 325 g/mol. The SMILES string of the molecule is CCc1ccc2c(c1)S(=O)(=O)NC(=NCCCOC(C)C)N2. The molecule has 0 saturated heterocycles. The number of ether oxygens (including phenoxy) is 1. The van der Waals surface area contributed by atoms with Crippen molar-refractivity contribution in [2.24, 2.45) is 4.99 Å². The lowest BCUT2D eigenvalue weighted by atomic mass is 10.1. The molecule has 0 fully saturated rings. The first-order valence-corrected chi connectivity index (χ1v) is 8.99. The Bertz CT molecular complexity index is 654. The van der Waals surface area contributed by atoms with Crippen molar-refractivity contribution in [3.05, 3.63) is 23.8 Å². The van der Waals surface area contributed by atoms with E-state index in [1.807, 2.05) is 26.8 Å². The lowest BCUT2D eigenvalue weighted by Gasteiger charge is -2.22. The molecule has 2 rings (SSSR count). The maximum atomic E-state index is 12.3. The summed E-state index contributed by atoms with van der Waals surface area (Å²) in [5.74, 6) is 0.265. The number of nitrogens with one attached hydrogen (secondary N) is 2. The highest BCUT2D eigenvalue weighted by Gasteiger charge is 2.26. The molecule has 1 heterocycles. The maximum absolute atomic E-state index is 12.3. The Hall–Kier alpha value is -1.60. The minimum absolute atomic E-state index is 0.193. The maximum Gasteiger partial charge on any atom is 0.266 e. The molecule has 22 heavy (non-hydrogen) atoms. The number of sulfonamides is 1. The van der Waals surface area contributed by atoms with Crippen LogP contribution in [-0.4, -0.2) is 33.6 Å². The van der Waals surface area contributed by atoms with Crippen LogP contribution < -0.4 is 10.0 Å².